The number of rotatable bonds is 3. The second-order valence-electron chi connectivity index (χ2n) is 5.06. The molecule has 1 aliphatic rings. The Kier molecular flexibility index (Phi) is 4.74. The smallest absolute Gasteiger partial charge is 0.338 e. The van der Waals surface area contributed by atoms with E-state index in [2.05, 4.69) is 10.6 Å². The average molecular weight is 296 g/mol. The molecular formula is C14H17FN2O4. The van der Waals surface area contributed by atoms with Crippen LogP contribution in [0.15, 0.2) is 18.2 Å². The molecule has 4 N–H and O–H groups in total. The van der Waals surface area contributed by atoms with Gasteiger partial charge in [-0.3, -0.25) is 0 Å². The molecule has 21 heavy (non-hydrogen) atoms. The van der Waals surface area contributed by atoms with Gasteiger partial charge in [0, 0.05) is 5.69 Å². The standard InChI is InChI=1S/C14H17FN2O4/c15-10-6-5-8(7-9(10)13(19)20)16-14(21)17-11-3-1-2-4-12(11)18/h5-7,11-12,18H,1-4H2,(H,19,20)(H2,16,17,21). The molecular weight excluding hydrogens is 279 g/mol. The molecule has 2 atom stereocenters. The minimum Gasteiger partial charge on any atom is -0.478 e. The van der Waals surface area contributed by atoms with E-state index >= 15 is 0 Å². The van der Waals surface area contributed by atoms with Gasteiger partial charge in [0.25, 0.3) is 0 Å². The lowest BCUT2D eigenvalue weighted by molar-refractivity contribution is 0.0692. The molecule has 7 heteroatoms. The fourth-order valence-corrected chi connectivity index (χ4v) is 2.38. The maximum absolute atomic E-state index is 13.2. The Morgan fingerprint density at radius 1 is 1.24 bits per heavy atom. The van der Waals surface area contributed by atoms with E-state index in [0.29, 0.717) is 12.8 Å². The lowest BCUT2D eigenvalue weighted by Gasteiger charge is -2.28. The van der Waals surface area contributed by atoms with E-state index in [0.717, 1.165) is 25.0 Å². The molecule has 0 spiro atoms. The third kappa shape index (κ3) is 3.91. The van der Waals surface area contributed by atoms with Crippen molar-refractivity contribution in [3.05, 3.63) is 29.6 Å². The van der Waals surface area contributed by atoms with Crippen molar-refractivity contribution in [3.8, 4) is 0 Å². The van der Waals surface area contributed by atoms with Crippen molar-refractivity contribution in [1.29, 1.82) is 0 Å². The van der Waals surface area contributed by atoms with Crippen molar-refractivity contribution in [2.45, 2.75) is 37.8 Å². The minimum absolute atomic E-state index is 0.177. The molecule has 1 aliphatic carbocycles. The van der Waals surface area contributed by atoms with Gasteiger partial charge in [0.2, 0.25) is 0 Å². The number of urea groups is 1. The number of carboxylic acid groups (broad SMARTS) is 1. The highest BCUT2D eigenvalue weighted by atomic mass is 19.1. The van der Waals surface area contributed by atoms with Crippen molar-refractivity contribution in [3.63, 3.8) is 0 Å². The zero-order valence-electron chi connectivity index (χ0n) is 11.3. The molecule has 2 rings (SSSR count). The summed E-state index contributed by atoms with van der Waals surface area (Å²) in [6.45, 7) is 0. The van der Waals surface area contributed by atoms with Crippen LogP contribution >= 0.6 is 0 Å². The van der Waals surface area contributed by atoms with Gasteiger partial charge in [-0.1, -0.05) is 12.8 Å². The second-order valence-corrected chi connectivity index (χ2v) is 5.06. The van der Waals surface area contributed by atoms with Gasteiger partial charge >= 0.3 is 12.0 Å². The summed E-state index contributed by atoms with van der Waals surface area (Å²) >= 11 is 0. The average Bonchev–Trinajstić information content (AvgIpc) is 2.43. The number of halogens is 1. The Balaban J connectivity index is 1.99. The highest BCUT2D eigenvalue weighted by Gasteiger charge is 2.24. The normalized spacial score (nSPS) is 21.6. The van der Waals surface area contributed by atoms with Gasteiger partial charge in [-0.25, -0.2) is 14.0 Å². The van der Waals surface area contributed by atoms with Crippen molar-refractivity contribution < 1.29 is 24.2 Å². The van der Waals surface area contributed by atoms with E-state index in [4.69, 9.17) is 5.11 Å². The number of aliphatic hydroxyl groups is 1. The summed E-state index contributed by atoms with van der Waals surface area (Å²) in [5.74, 6) is -2.27. The quantitative estimate of drug-likeness (QED) is 0.685. The van der Waals surface area contributed by atoms with Gasteiger partial charge in [-0.05, 0) is 31.0 Å². The van der Waals surface area contributed by atoms with Crippen molar-refractivity contribution in [2.24, 2.45) is 0 Å². The monoisotopic (exact) mass is 296 g/mol. The first kappa shape index (κ1) is 15.2. The topological polar surface area (TPSA) is 98.7 Å². The fraction of sp³-hybridized carbons (Fsp3) is 0.429. The Morgan fingerprint density at radius 2 is 1.95 bits per heavy atom. The lowest BCUT2D eigenvalue weighted by atomic mass is 9.93. The molecule has 0 heterocycles. The number of aliphatic hydroxyl groups excluding tert-OH is 1. The van der Waals surface area contributed by atoms with Crippen LogP contribution in [0.2, 0.25) is 0 Å². The first-order valence-electron chi connectivity index (χ1n) is 6.76. The minimum atomic E-state index is -1.40. The number of amides is 2. The number of carboxylic acids is 1. The number of nitrogens with one attached hydrogen (secondary N) is 2. The Labute approximate surface area is 121 Å². The predicted molar refractivity (Wildman–Crippen MR) is 73.8 cm³/mol. The third-order valence-corrected chi connectivity index (χ3v) is 3.50. The number of carbonyl (C=O) groups excluding carboxylic acids is 1. The summed E-state index contributed by atoms with van der Waals surface area (Å²) in [6, 6.07) is 2.43. The van der Waals surface area contributed by atoms with Crippen LogP contribution < -0.4 is 10.6 Å². The van der Waals surface area contributed by atoms with E-state index in [1.165, 1.54) is 6.07 Å². The molecule has 2 amide bonds. The van der Waals surface area contributed by atoms with Gasteiger partial charge in [-0.15, -0.1) is 0 Å². The third-order valence-electron chi connectivity index (χ3n) is 3.50. The largest absolute Gasteiger partial charge is 0.478 e. The molecule has 0 saturated heterocycles. The van der Waals surface area contributed by atoms with E-state index in [-0.39, 0.29) is 11.7 Å². The fourth-order valence-electron chi connectivity index (χ4n) is 2.38. The van der Waals surface area contributed by atoms with Gasteiger partial charge in [0.15, 0.2) is 0 Å². The number of hydrogen-bond acceptors (Lipinski definition) is 3. The van der Waals surface area contributed by atoms with Crippen LogP contribution in [0.1, 0.15) is 36.0 Å². The SMILES string of the molecule is O=C(Nc1ccc(F)c(C(=O)O)c1)NC1CCCCC1O. The zero-order chi connectivity index (χ0) is 15.4. The Bertz CT molecular complexity index is 550. The lowest BCUT2D eigenvalue weighted by Crippen LogP contribution is -2.46. The maximum atomic E-state index is 13.2. The summed E-state index contributed by atoms with van der Waals surface area (Å²) in [4.78, 5) is 22.6. The number of hydrogen-bond donors (Lipinski definition) is 4. The molecule has 114 valence electrons. The summed E-state index contributed by atoms with van der Waals surface area (Å²) in [5.41, 5.74) is -0.331. The zero-order valence-corrected chi connectivity index (χ0v) is 11.3. The molecule has 0 bridgehead atoms. The van der Waals surface area contributed by atoms with E-state index in [9.17, 15) is 19.1 Å². The molecule has 0 aromatic heterocycles. The van der Waals surface area contributed by atoms with Crippen molar-refractivity contribution >= 4 is 17.7 Å². The summed E-state index contributed by atoms with van der Waals surface area (Å²) in [7, 11) is 0. The van der Waals surface area contributed by atoms with Crippen LogP contribution in [-0.4, -0.2) is 34.4 Å². The van der Waals surface area contributed by atoms with E-state index in [1.54, 1.807) is 0 Å². The number of benzene rings is 1. The summed E-state index contributed by atoms with van der Waals surface area (Å²) in [5, 5.41) is 23.7. The van der Waals surface area contributed by atoms with Gasteiger partial charge in [0.1, 0.15) is 5.82 Å². The molecule has 0 aliphatic heterocycles. The van der Waals surface area contributed by atoms with Crippen LogP contribution in [0.3, 0.4) is 0 Å². The van der Waals surface area contributed by atoms with Crippen LogP contribution in [-0.2, 0) is 0 Å². The second kappa shape index (κ2) is 6.53. The molecule has 2 unspecified atom stereocenters. The Morgan fingerprint density at radius 3 is 2.62 bits per heavy atom. The van der Waals surface area contributed by atoms with Crippen molar-refractivity contribution in [1.82, 2.24) is 5.32 Å². The van der Waals surface area contributed by atoms with Crippen molar-refractivity contribution in [2.75, 3.05) is 5.32 Å². The van der Waals surface area contributed by atoms with Crippen LogP contribution in [0.4, 0.5) is 14.9 Å². The van der Waals surface area contributed by atoms with Crippen LogP contribution in [0, 0.1) is 5.82 Å². The highest BCUT2D eigenvalue weighted by Crippen LogP contribution is 2.19. The van der Waals surface area contributed by atoms with E-state index < -0.39 is 29.5 Å². The number of anilines is 1. The first-order valence-corrected chi connectivity index (χ1v) is 6.76. The molecule has 0 radical (unpaired) electrons. The highest BCUT2D eigenvalue weighted by molar-refractivity contribution is 5.93. The Hall–Kier alpha value is -2.15. The predicted octanol–water partition coefficient (Wildman–Crippen LogP) is 1.95. The molecule has 1 saturated carbocycles. The van der Waals surface area contributed by atoms with Crippen LogP contribution in [0.5, 0.6) is 0 Å². The van der Waals surface area contributed by atoms with Crippen LogP contribution in [0.25, 0.3) is 0 Å². The molecule has 1 fully saturated rings. The molecule has 1 aromatic carbocycles. The number of carbonyl (C=O) groups is 2. The van der Waals surface area contributed by atoms with Gasteiger partial charge in [-0.2, -0.15) is 0 Å². The van der Waals surface area contributed by atoms with Gasteiger partial charge in [0.05, 0.1) is 17.7 Å². The first-order chi connectivity index (χ1) is 9.97. The number of aromatic carboxylic acids is 1. The molecule has 1 aromatic rings. The summed E-state index contributed by atoms with van der Waals surface area (Å²) in [6.07, 6.45) is 2.62. The summed E-state index contributed by atoms with van der Waals surface area (Å²) < 4.78 is 13.2. The maximum Gasteiger partial charge on any atom is 0.338 e. The van der Waals surface area contributed by atoms with E-state index in [1.807, 2.05) is 0 Å². The molecule has 6 nitrogen and oxygen atoms in total. The van der Waals surface area contributed by atoms with Gasteiger partial charge < -0.3 is 20.8 Å².